The molecule has 132 valence electrons. The van der Waals surface area contributed by atoms with Gasteiger partial charge in [0.25, 0.3) is 5.91 Å². The van der Waals surface area contributed by atoms with Gasteiger partial charge in [0.05, 0.1) is 5.92 Å². The van der Waals surface area contributed by atoms with Crippen molar-refractivity contribution in [3.8, 4) is 0 Å². The molecule has 0 bridgehead atoms. The van der Waals surface area contributed by atoms with Crippen molar-refractivity contribution < 1.29 is 9.59 Å². The first kappa shape index (κ1) is 16.3. The molecule has 1 unspecified atom stereocenters. The van der Waals surface area contributed by atoms with Gasteiger partial charge in [0.2, 0.25) is 5.91 Å². The van der Waals surface area contributed by atoms with Crippen molar-refractivity contribution in [3.63, 3.8) is 0 Å². The van der Waals surface area contributed by atoms with Crippen LogP contribution in [-0.4, -0.2) is 45.0 Å². The van der Waals surface area contributed by atoms with E-state index < -0.39 is 11.8 Å². The first-order valence-corrected chi connectivity index (χ1v) is 8.91. The number of nitrogens with one attached hydrogen (secondary N) is 1. The number of aromatic amines is 1. The number of aromatic nitrogens is 3. The van der Waals surface area contributed by atoms with Gasteiger partial charge in [-0.1, -0.05) is 11.6 Å². The Labute approximate surface area is 149 Å². The average Bonchev–Trinajstić information content (AvgIpc) is 3.19. The van der Waals surface area contributed by atoms with Crippen LogP contribution in [0.2, 0.25) is 5.15 Å². The number of nitrogens with zero attached hydrogens (tertiary/aromatic N) is 3. The molecule has 2 aliphatic rings. The third-order valence-corrected chi connectivity index (χ3v) is 5.99. The summed E-state index contributed by atoms with van der Waals surface area (Å²) in [5.41, 5.74) is 7.06. The van der Waals surface area contributed by atoms with Crippen molar-refractivity contribution >= 4 is 34.4 Å². The maximum Gasteiger partial charge on any atom is 0.265 e. The molecule has 0 aromatic carbocycles. The quantitative estimate of drug-likeness (QED) is 0.874. The Bertz CT molecular complexity index is 863. The number of piperidine rings is 1. The van der Waals surface area contributed by atoms with E-state index in [2.05, 4.69) is 15.2 Å². The molecule has 1 spiro atoms. The molecule has 1 aliphatic heterocycles. The molecule has 2 aromatic rings. The van der Waals surface area contributed by atoms with Crippen LogP contribution in [0.15, 0.2) is 6.07 Å². The van der Waals surface area contributed by atoms with Gasteiger partial charge in [0, 0.05) is 24.0 Å². The summed E-state index contributed by atoms with van der Waals surface area (Å²) in [7, 11) is 0. The van der Waals surface area contributed by atoms with Crippen LogP contribution in [-0.2, 0) is 4.79 Å². The highest BCUT2D eigenvalue weighted by atomic mass is 35.5. The van der Waals surface area contributed by atoms with Crippen molar-refractivity contribution in [3.05, 3.63) is 22.5 Å². The number of primary amides is 1. The summed E-state index contributed by atoms with van der Waals surface area (Å²) < 4.78 is 0. The minimum atomic E-state index is -0.593. The van der Waals surface area contributed by atoms with Crippen LogP contribution in [0, 0.1) is 5.41 Å². The Balaban J connectivity index is 1.64. The summed E-state index contributed by atoms with van der Waals surface area (Å²) in [6.45, 7) is 3.41. The first-order valence-electron chi connectivity index (χ1n) is 8.54. The van der Waals surface area contributed by atoms with E-state index in [1.54, 1.807) is 6.07 Å². The van der Waals surface area contributed by atoms with Crippen LogP contribution in [0.1, 0.15) is 54.6 Å². The zero-order valence-electron chi connectivity index (χ0n) is 14.0. The largest absolute Gasteiger partial charge is 0.364 e. The van der Waals surface area contributed by atoms with Gasteiger partial charge in [-0.25, -0.2) is 0 Å². The molecule has 0 radical (unpaired) electrons. The Morgan fingerprint density at radius 2 is 1.96 bits per heavy atom. The third-order valence-electron chi connectivity index (χ3n) is 5.71. The molecule has 2 aromatic heterocycles. The topological polar surface area (TPSA) is 105 Å². The van der Waals surface area contributed by atoms with Gasteiger partial charge >= 0.3 is 0 Å². The number of carbonyl (C=O) groups is 2. The second-order valence-electron chi connectivity index (χ2n) is 7.26. The molecule has 4 rings (SSSR count). The number of nitrogens with two attached hydrogens (primary N) is 1. The zero-order chi connectivity index (χ0) is 17.8. The van der Waals surface area contributed by atoms with Crippen LogP contribution in [0.25, 0.3) is 11.0 Å². The SMILES string of the molecule is CC(C(=O)N1CCC2(CC1)CC2)c1c(Cl)nnc2[nH]c(C(N)=O)cc12. The molecular weight excluding hydrogens is 342 g/mol. The van der Waals surface area contributed by atoms with Crippen molar-refractivity contribution in [1.29, 1.82) is 0 Å². The van der Waals surface area contributed by atoms with Crippen LogP contribution >= 0.6 is 11.6 Å². The highest BCUT2D eigenvalue weighted by Gasteiger charge is 2.45. The lowest BCUT2D eigenvalue weighted by molar-refractivity contribution is -0.134. The fraction of sp³-hybridized carbons (Fsp3) is 0.529. The van der Waals surface area contributed by atoms with E-state index in [0.29, 0.717) is 22.0 Å². The molecule has 1 saturated carbocycles. The predicted octanol–water partition coefficient (Wildman–Crippen LogP) is 2.22. The summed E-state index contributed by atoms with van der Waals surface area (Å²) in [4.78, 5) is 29.1. The number of H-pyrrole nitrogens is 1. The van der Waals surface area contributed by atoms with Gasteiger partial charge < -0.3 is 15.6 Å². The number of hydrogen-bond acceptors (Lipinski definition) is 4. The highest BCUT2D eigenvalue weighted by Crippen LogP contribution is 2.53. The van der Waals surface area contributed by atoms with Crippen molar-refractivity contribution in [2.75, 3.05) is 13.1 Å². The van der Waals surface area contributed by atoms with Gasteiger partial charge in [-0.3, -0.25) is 9.59 Å². The van der Waals surface area contributed by atoms with Crippen LogP contribution in [0.3, 0.4) is 0 Å². The third kappa shape index (κ3) is 2.76. The summed E-state index contributed by atoms with van der Waals surface area (Å²) >= 11 is 6.25. The van der Waals surface area contributed by atoms with Crippen LogP contribution in [0.5, 0.6) is 0 Å². The Morgan fingerprint density at radius 1 is 1.28 bits per heavy atom. The lowest BCUT2D eigenvalue weighted by Crippen LogP contribution is -2.41. The Morgan fingerprint density at radius 3 is 2.56 bits per heavy atom. The molecule has 3 N–H and O–H groups in total. The fourth-order valence-electron chi connectivity index (χ4n) is 3.81. The molecular formula is C17H20ClN5O2. The van der Waals surface area contributed by atoms with Crippen molar-refractivity contribution in [2.45, 2.75) is 38.5 Å². The Kier molecular flexibility index (Phi) is 3.72. The normalized spacial score (nSPS) is 20.0. The smallest absolute Gasteiger partial charge is 0.265 e. The van der Waals surface area contributed by atoms with Crippen LogP contribution in [0.4, 0.5) is 0 Å². The molecule has 7 nitrogen and oxygen atoms in total. The number of fused-ring (bicyclic) bond motifs is 1. The molecule has 1 saturated heterocycles. The van der Waals surface area contributed by atoms with Crippen LogP contribution < -0.4 is 5.73 Å². The predicted molar refractivity (Wildman–Crippen MR) is 93.3 cm³/mol. The van der Waals surface area contributed by atoms with Gasteiger partial charge in [-0.05, 0) is 44.1 Å². The van der Waals surface area contributed by atoms with E-state index in [-0.39, 0.29) is 16.8 Å². The van der Waals surface area contributed by atoms with Gasteiger partial charge in [0.15, 0.2) is 10.8 Å². The van der Waals surface area contributed by atoms with E-state index in [0.717, 1.165) is 25.9 Å². The van der Waals surface area contributed by atoms with E-state index in [1.165, 1.54) is 12.8 Å². The van der Waals surface area contributed by atoms with Gasteiger partial charge in [0.1, 0.15) is 5.69 Å². The lowest BCUT2D eigenvalue weighted by Gasteiger charge is -2.34. The summed E-state index contributed by atoms with van der Waals surface area (Å²) in [5, 5.41) is 8.67. The maximum atomic E-state index is 13.0. The molecule has 8 heteroatoms. The molecule has 25 heavy (non-hydrogen) atoms. The average molecular weight is 362 g/mol. The molecule has 3 heterocycles. The standard InChI is InChI=1S/C17H20ClN5O2/c1-9(16(25)23-6-4-17(2-3-17)5-7-23)12-10-8-11(14(19)24)20-15(10)22-21-13(12)18/h8-9H,2-7H2,1H3,(H2,19,24)(H,20,22). The number of amides is 2. The molecule has 2 amide bonds. The Hall–Kier alpha value is -2.15. The fourth-order valence-corrected chi connectivity index (χ4v) is 4.11. The van der Waals surface area contributed by atoms with Gasteiger partial charge in [-0.2, -0.15) is 0 Å². The summed E-state index contributed by atoms with van der Waals surface area (Å²) in [6, 6.07) is 1.59. The van der Waals surface area contributed by atoms with Crippen molar-refractivity contribution in [1.82, 2.24) is 20.1 Å². The minimum Gasteiger partial charge on any atom is -0.364 e. The maximum absolute atomic E-state index is 13.0. The first-order chi connectivity index (χ1) is 11.9. The minimum absolute atomic E-state index is 0.0357. The molecule has 2 fully saturated rings. The second kappa shape index (κ2) is 5.69. The summed E-state index contributed by atoms with van der Waals surface area (Å²) in [6.07, 6.45) is 4.76. The van der Waals surface area contributed by atoms with Gasteiger partial charge in [-0.15, -0.1) is 10.2 Å². The second-order valence-corrected chi connectivity index (χ2v) is 7.62. The van der Waals surface area contributed by atoms with E-state index in [4.69, 9.17) is 17.3 Å². The number of hydrogen-bond donors (Lipinski definition) is 2. The number of likely N-dealkylation sites (tertiary alicyclic amines) is 1. The molecule has 1 atom stereocenters. The zero-order valence-corrected chi connectivity index (χ0v) is 14.8. The number of halogens is 1. The van der Waals surface area contributed by atoms with E-state index >= 15 is 0 Å². The monoisotopic (exact) mass is 361 g/mol. The number of carbonyl (C=O) groups excluding carboxylic acids is 2. The highest BCUT2D eigenvalue weighted by molar-refractivity contribution is 6.31. The van der Waals surface area contributed by atoms with E-state index in [9.17, 15) is 9.59 Å². The summed E-state index contributed by atoms with van der Waals surface area (Å²) in [5.74, 6) is -1.02. The van der Waals surface area contributed by atoms with E-state index in [1.807, 2.05) is 11.8 Å². The lowest BCUT2D eigenvalue weighted by atomic mass is 9.91. The number of rotatable bonds is 3. The van der Waals surface area contributed by atoms with Crippen molar-refractivity contribution in [2.24, 2.45) is 11.1 Å². The molecule has 1 aliphatic carbocycles.